The minimum Gasteiger partial charge on any atom is -0.494 e. The molecule has 0 atom stereocenters. The smallest absolute Gasteiger partial charge is 0.119 e. The predicted octanol–water partition coefficient (Wildman–Crippen LogP) is 3.53. The lowest BCUT2D eigenvalue weighted by Crippen LogP contribution is -2.12. The first-order valence-corrected chi connectivity index (χ1v) is 6.82. The Morgan fingerprint density at radius 2 is 1.89 bits per heavy atom. The molecular weight excluding hydrogens is 238 g/mol. The minimum absolute atomic E-state index is 0.697. The van der Waals surface area contributed by atoms with E-state index in [2.05, 4.69) is 24.4 Å². The normalized spacial score (nSPS) is 10.6. The molecule has 1 N–H and O–H groups in total. The molecule has 2 aromatic rings. The number of hydrogen-bond acceptors (Lipinski definition) is 3. The Morgan fingerprint density at radius 1 is 1.05 bits per heavy atom. The van der Waals surface area contributed by atoms with Crippen LogP contribution in [0.25, 0.3) is 0 Å². The summed E-state index contributed by atoms with van der Waals surface area (Å²) in [5.74, 6) is 2.95. The molecule has 1 heterocycles. The zero-order valence-corrected chi connectivity index (χ0v) is 11.6. The van der Waals surface area contributed by atoms with Crippen molar-refractivity contribution in [1.29, 1.82) is 0 Å². The molecule has 1 aromatic heterocycles. The molecule has 0 aliphatic rings. The predicted molar refractivity (Wildman–Crippen MR) is 76.2 cm³/mol. The zero-order valence-electron chi connectivity index (χ0n) is 11.6. The van der Waals surface area contributed by atoms with E-state index in [1.807, 2.05) is 31.2 Å². The van der Waals surface area contributed by atoms with Crippen molar-refractivity contribution in [3.05, 3.63) is 53.5 Å². The average molecular weight is 259 g/mol. The van der Waals surface area contributed by atoms with Crippen LogP contribution in [0.4, 0.5) is 0 Å². The monoisotopic (exact) mass is 259 g/mol. The van der Waals surface area contributed by atoms with Crippen LogP contribution in [-0.2, 0) is 19.5 Å². The number of furan rings is 1. The number of hydrogen-bond donors (Lipinski definition) is 1. The van der Waals surface area contributed by atoms with Crippen LogP contribution in [0.15, 0.2) is 40.8 Å². The number of nitrogens with one attached hydrogen (secondary N) is 1. The van der Waals surface area contributed by atoms with Crippen molar-refractivity contribution in [3.8, 4) is 5.75 Å². The Morgan fingerprint density at radius 3 is 2.63 bits per heavy atom. The molecule has 0 spiro atoms. The van der Waals surface area contributed by atoms with E-state index >= 15 is 0 Å². The van der Waals surface area contributed by atoms with Crippen molar-refractivity contribution in [3.63, 3.8) is 0 Å². The first-order valence-electron chi connectivity index (χ1n) is 6.82. The molecule has 0 aliphatic heterocycles. The number of aryl methyl sites for hydroxylation is 1. The molecular formula is C16H21NO2. The summed E-state index contributed by atoms with van der Waals surface area (Å²) < 4.78 is 11.1. The maximum absolute atomic E-state index is 5.65. The topological polar surface area (TPSA) is 34.4 Å². The van der Waals surface area contributed by atoms with Crippen LogP contribution in [0.1, 0.15) is 30.9 Å². The first-order chi connectivity index (χ1) is 9.31. The average Bonchev–Trinajstić information content (AvgIpc) is 2.88. The van der Waals surface area contributed by atoms with Crippen molar-refractivity contribution < 1.29 is 9.15 Å². The van der Waals surface area contributed by atoms with Gasteiger partial charge in [-0.3, -0.25) is 0 Å². The summed E-state index contributed by atoms with van der Waals surface area (Å²) in [6.07, 6.45) is 0.941. The summed E-state index contributed by atoms with van der Waals surface area (Å²) in [6.45, 7) is 6.34. The third-order valence-corrected chi connectivity index (χ3v) is 2.90. The maximum atomic E-state index is 5.65. The highest BCUT2D eigenvalue weighted by Gasteiger charge is 2.01. The van der Waals surface area contributed by atoms with E-state index in [0.717, 1.165) is 36.8 Å². The van der Waals surface area contributed by atoms with Gasteiger partial charge in [-0.15, -0.1) is 0 Å². The van der Waals surface area contributed by atoms with Gasteiger partial charge in [0.2, 0.25) is 0 Å². The van der Waals surface area contributed by atoms with Gasteiger partial charge >= 0.3 is 0 Å². The fourth-order valence-corrected chi connectivity index (χ4v) is 1.95. The standard InChI is InChI=1S/C16H21NO2/c1-3-14-8-9-16(19-14)12-17-11-13-6-5-7-15(10-13)18-4-2/h5-10,17H,3-4,11-12H2,1-2H3. The van der Waals surface area contributed by atoms with E-state index in [-0.39, 0.29) is 0 Å². The molecule has 0 unspecified atom stereocenters. The van der Waals surface area contributed by atoms with Gasteiger partial charge in [-0.1, -0.05) is 19.1 Å². The summed E-state index contributed by atoms with van der Waals surface area (Å²) in [5, 5.41) is 3.38. The van der Waals surface area contributed by atoms with E-state index in [9.17, 15) is 0 Å². The molecule has 0 radical (unpaired) electrons. The van der Waals surface area contributed by atoms with E-state index in [1.54, 1.807) is 0 Å². The van der Waals surface area contributed by atoms with Crippen LogP contribution in [0, 0.1) is 0 Å². The second-order valence-electron chi connectivity index (χ2n) is 4.41. The van der Waals surface area contributed by atoms with Gasteiger partial charge < -0.3 is 14.5 Å². The summed E-state index contributed by atoms with van der Waals surface area (Å²) in [4.78, 5) is 0. The van der Waals surface area contributed by atoms with Gasteiger partial charge in [-0.2, -0.15) is 0 Å². The zero-order chi connectivity index (χ0) is 13.5. The van der Waals surface area contributed by atoms with Gasteiger partial charge in [-0.05, 0) is 36.8 Å². The highest BCUT2D eigenvalue weighted by Crippen LogP contribution is 2.13. The minimum atomic E-state index is 0.697. The van der Waals surface area contributed by atoms with E-state index in [0.29, 0.717) is 6.61 Å². The Labute approximate surface area is 114 Å². The molecule has 102 valence electrons. The summed E-state index contributed by atoms with van der Waals surface area (Å²) in [5.41, 5.74) is 1.22. The van der Waals surface area contributed by atoms with E-state index in [4.69, 9.17) is 9.15 Å². The molecule has 0 bridgehead atoms. The third kappa shape index (κ3) is 4.14. The fraction of sp³-hybridized carbons (Fsp3) is 0.375. The quantitative estimate of drug-likeness (QED) is 0.826. The second-order valence-corrected chi connectivity index (χ2v) is 4.41. The Bertz CT molecular complexity index is 505. The molecule has 3 nitrogen and oxygen atoms in total. The van der Waals surface area contributed by atoms with E-state index < -0.39 is 0 Å². The molecule has 0 aliphatic carbocycles. The van der Waals surface area contributed by atoms with Crippen LogP contribution in [0.3, 0.4) is 0 Å². The molecule has 1 aromatic carbocycles. The Kier molecular flexibility index (Phi) is 5.04. The van der Waals surface area contributed by atoms with Crippen LogP contribution in [-0.4, -0.2) is 6.61 Å². The van der Waals surface area contributed by atoms with Gasteiger partial charge in [0.05, 0.1) is 13.2 Å². The lowest BCUT2D eigenvalue weighted by Gasteiger charge is -2.06. The molecule has 0 saturated carbocycles. The summed E-state index contributed by atoms with van der Waals surface area (Å²) >= 11 is 0. The largest absolute Gasteiger partial charge is 0.494 e. The summed E-state index contributed by atoms with van der Waals surface area (Å²) in [7, 11) is 0. The molecule has 19 heavy (non-hydrogen) atoms. The Balaban J connectivity index is 1.83. The van der Waals surface area contributed by atoms with Crippen LogP contribution in [0.5, 0.6) is 5.75 Å². The van der Waals surface area contributed by atoms with Crippen molar-refractivity contribution in [2.45, 2.75) is 33.4 Å². The van der Waals surface area contributed by atoms with Gasteiger partial charge in [0, 0.05) is 13.0 Å². The highest BCUT2D eigenvalue weighted by molar-refractivity contribution is 5.28. The van der Waals surface area contributed by atoms with Crippen molar-refractivity contribution in [2.24, 2.45) is 0 Å². The van der Waals surface area contributed by atoms with Crippen LogP contribution >= 0.6 is 0 Å². The number of rotatable bonds is 7. The van der Waals surface area contributed by atoms with Gasteiger partial charge in [0.1, 0.15) is 17.3 Å². The SMILES string of the molecule is CCOc1cccc(CNCc2ccc(CC)o2)c1. The van der Waals surface area contributed by atoms with Crippen molar-refractivity contribution >= 4 is 0 Å². The van der Waals surface area contributed by atoms with Gasteiger partial charge in [0.25, 0.3) is 0 Å². The van der Waals surface area contributed by atoms with Gasteiger partial charge in [-0.25, -0.2) is 0 Å². The lowest BCUT2D eigenvalue weighted by molar-refractivity contribution is 0.340. The highest BCUT2D eigenvalue weighted by atomic mass is 16.5. The number of ether oxygens (including phenoxy) is 1. The molecule has 2 rings (SSSR count). The molecule has 0 amide bonds. The summed E-state index contributed by atoms with van der Waals surface area (Å²) in [6, 6.07) is 12.2. The molecule has 0 fully saturated rings. The van der Waals surface area contributed by atoms with Gasteiger partial charge in [0.15, 0.2) is 0 Å². The second kappa shape index (κ2) is 7.00. The number of benzene rings is 1. The lowest BCUT2D eigenvalue weighted by atomic mass is 10.2. The maximum Gasteiger partial charge on any atom is 0.119 e. The third-order valence-electron chi connectivity index (χ3n) is 2.90. The molecule has 3 heteroatoms. The van der Waals surface area contributed by atoms with Crippen molar-refractivity contribution in [1.82, 2.24) is 5.32 Å². The van der Waals surface area contributed by atoms with Crippen LogP contribution < -0.4 is 10.1 Å². The van der Waals surface area contributed by atoms with Crippen molar-refractivity contribution in [2.75, 3.05) is 6.61 Å². The van der Waals surface area contributed by atoms with E-state index in [1.165, 1.54) is 5.56 Å². The first kappa shape index (κ1) is 13.7. The molecule has 0 saturated heterocycles. The van der Waals surface area contributed by atoms with Crippen LogP contribution in [0.2, 0.25) is 0 Å². The Hall–Kier alpha value is -1.74. The fourth-order valence-electron chi connectivity index (χ4n) is 1.95.